The highest BCUT2D eigenvalue weighted by Crippen LogP contribution is 2.19. The lowest BCUT2D eigenvalue weighted by Crippen LogP contribution is -2.45. The van der Waals surface area contributed by atoms with Crippen LogP contribution in [0.25, 0.3) is 0 Å². The molecular weight excluding hydrogens is 278 g/mol. The van der Waals surface area contributed by atoms with Crippen LogP contribution in [0.15, 0.2) is 24.3 Å². The van der Waals surface area contributed by atoms with Gasteiger partial charge in [0.2, 0.25) is 0 Å². The molecular formula is C18H29NO3. The van der Waals surface area contributed by atoms with E-state index in [4.69, 9.17) is 4.74 Å². The highest BCUT2D eigenvalue weighted by Gasteiger charge is 2.29. The van der Waals surface area contributed by atoms with Crippen molar-refractivity contribution in [1.82, 2.24) is 5.32 Å². The predicted octanol–water partition coefficient (Wildman–Crippen LogP) is 3.20. The summed E-state index contributed by atoms with van der Waals surface area (Å²) in [6, 6.07) is 7.35. The molecule has 0 aliphatic heterocycles. The molecule has 2 atom stereocenters. The molecule has 0 spiro atoms. The maximum Gasteiger partial charge on any atom is 0.323 e. The van der Waals surface area contributed by atoms with Crippen molar-refractivity contribution in [2.45, 2.75) is 65.8 Å². The summed E-state index contributed by atoms with van der Waals surface area (Å²) in [5.41, 5.74) is 1.41. The van der Waals surface area contributed by atoms with Crippen LogP contribution >= 0.6 is 0 Å². The number of hydrogen-bond donors (Lipinski definition) is 2. The number of carbonyl (C=O) groups is 1. The molecule has 0 aromatic heterocycles. The van der Waals surface area contributed by atoms with E-state index < -0.39 is 5.60 Å². The van der Waals surface area contributed by atoms with E-state index in [0.717, 1.165) is 11.1 Å². The number of nitrogens with one attached hydrogen (secondary N) is 1. The third-order valence-electron chi connectivity index (χ3n) is 3.39. The Balaban J connectivity index is 2.83. The van der Waals surface area contributed by atoms with E-state index in [9.17, 15) is 9.90 Å². The third kappa shape index (κ3) is 5.78. The standard InChI is InChI=1S/C18H29NO3/c1-12(2)16(17(21)22-18(4,5)6)19-13(3)15-9-7-8-14(10-15)11-20/h7-10,12-13,16,19-20H,11H2,1-6H3/t13?,16-/m0/s1. The number of esters is 1. The molecule has 1 aromatic carbocycles. The summed E-state index contributed by atoms with van der Waals surface area (Å²) in [6.45, 7) is 11.6. The average Bonchev–Trinajstić information content (AvgIpc) is 2.42. The van der Waals surface area contributed by atoms with Crippen LogP contribution in [0.2, 0.25) is 0 Å². The highest BCUT2D eigenvalue weighted by atomic mass is 16.6. The normalized spacial score (nSPS) is 14.7. The number of rotatable bonds is 6. The summed E-state index contributed by atoms with van der Waals surface area (Å²) in [4.78, 5) is 12.4. The van der Waals surface area contributed by atoms with Crippen LogP contribution in [0.1, 0.15) is 58.7 Å². The van der Waals surface area contributed by atoms with Crippen molar-refractivity contribution in [3.8, 4) is 0 Å². The summed E-state index contributed by atoms with van der Waals surface area (Å²) in [5, 5.41) is 12.6. The lowest BCUT2D eigenvalue weighted by molar-refractivity contribution is -0.159. The number of benzene rings is 1. The Bertz CT molecular complexity index is 491. The zero-order valence-electron chi connectivity index (χ0n) is 14.5. The Morgan fingerprint density at radius 1 is 1.27 bits per heavy atom. The molecule has 4 heteroatoms. The molecule has 1 unspecified atom stereocenters. The second-order valence-corrected chi connectivity index (χ2v) is 7.05. The molecule has 0 amide bonds. The number of ether oxygens (including phenoxy) is 1. The number of aliphatic hydroxyl groups is 1. The quantitative estimate of drug-likeness (QED) is 0.792. The van der Waals surface area contributed by atoms with Gasteiger partial charge in [0.15, 0.2) is 0 Å². The number of aliphatic hydroxyl groups excluding tert-OH is 1. The SMILES string of the molecule is CC(N[C@H](C(=O)OC(C)(C)C)C(C)C)c1cccc(CO)c1. The minimum atomic E-state index is -0.494. The fraction of sp³-hybridized carbons (Fsp3) is 0.611. The molecule has 0 aliphatic carbocycles. The number of hydrogen-bond acceptors (Lipinski definition) is 4. The van der Waals surface area contributed by atoms with E-state index in [2.05, 4.69) is 5.32 Å². The Morgan fingerprint density at radius 3 is 2.41 bits per heavy atom. The van der Waals surface area contributed by atoms with Gasteiger partial charge in [-0.3, -0.25) is 10.1 Å². The van der Waals surface area contributed by atoms with Gasteiger partial charge in [0.05, 0.1) is 6.61 Å². The summed E-state index contributed by atoms with van der Waals surface area (Å²) < 4.78 is 5.50. The van der Waals surface area contributed by atoms with Gasteiger partial charge in [-0.2, -0.15) is 0 Å². The van der Waals surface area contributed by atoms with Crippen molar-refractivity contribution in [3.63, 3.8) is 0 Å². The summed E-state index contributed by atoms with van der Waals surface area (Å²) in [7, 11) is 0. The van der Waals surface area contributed by atoms with Crippen molar-refractivity contribution in [3.05, 3.63) is 35.4 Å². The van der Waals surface area contributed by atoms with Crippen LogP contribution in [-0.4, -0.2) is 22.7 Å². The van der Waals surface area contributed by atoms with Crippen LogP contribution in [0.4, 0.5) is 0 Å². The van der Waals surface area contributed by atoms with Crippen molar-refractivity contribution in [2.24, 2.45) is 5.92 Å². The Labute approximate surface area is 133 Å². The van der Waals surface area contributed by atoms with Gasteiger partial charge in [0, 0.05) is 6.04 Å². The van der Waals surface area contributed by atoms with E-state index >= 15 is 0 Å². The van der Waals surface area contributed by atoms with Gasteiger partial charge in [-0.05, 0) is 44.7 Å². The first-order chi connectivity index (χ1) is 10.1. The maximum atomic E-state index is 12.4. The summed E-state index contributed by atoms with van der Waals surface area (Å²) in [6.07, 6.45) is 0. The molecule has 22 heavy (non-hydrogen) atoms. The van der Waals surface area contributed by atoms with Gasteiger partial charge < -0.3 is 9.84 Å². The Hall–Kier alpha value is -1.39. The topological polar surface area (TPSA) is 58.6 Å². The fourth-order valence-electron chi connectivity index (χ4n) is 2.22. The van der Waals surface area contributed by atoms with Gasteiger partial charge in [-0.1, -0.05) is 38.1 Å². The first kappa shape index (κ1) is 18.7. The molecule has 2 N–H and O–H groups in total. The monoisotopic (exact) mass is 307 g/mol. The second-order valence-electron chi connectivity index (χ2n) is 7.05. The van der Waals surface area contributed by atoms with Gasteiger partial charge in [-0.25, -0.2) is 0 Å². The van der Waals surface area contributed by atoms with Crippen molar-refractivity contribution in [1.29, 1.82) is 0 Å². The van der Waals surface area contributed by atoms with Crippen molar-refractivity contribution >= 4 is 5.97 Å². The first-order valence-corrected chi connectivity index (χ1v) is 7.82. The second kappa shape index (κ2) is 7.75. The van der Waals surface area contributed by atoms with Crippen LogP contribution in [0.5, 0.6) is 0 Å². The Kier molecular flexibility index (Phi) is 6.57. The average molecular weight is 307 g/mol. The molecule has 0 bridgehead atoms. The van der Waals surface area contributed by atoms with E-state index in [-0.39, 0.29) is 30.6 Å². The predicted molar refractivity (Wildman–Crippen MR) is 88.4 cm³/mol. The first-order valence-electron chi connectivity index (χ1n) is 7.82. The molecule has 0 saturated carbocycles. The Morgan fingerprint density at radius 2 is 1.91 bits per heavy atom. The molecule has 4 nitrogen and oxygen atoms in total. The number of carbonyl (C=O) groups excluding carboxylic acids is 1. The zero-order chi connectivity index (χ0) is 16.9. The van der Waals surface area contributed by atoms with E-state index in [1.54, 1.807) is 0 Å². The smallest absolute Gasteiger partial charge is 0.323 e. The lowest BCUT2D eigenvalue weighted by Gasteiger charge is -2.29. The molecule has 124 valence electrons. The molecule has 1 rings (SSSR count). The molecule has 0 aliphatic rings. The van der Waals surface area contributed by atoms with E-state index in [0.29, 0.717) is 0 Å². The van der Waals surface area contributed by atoms with E-state index in [1.165, 1.54) is 0 Å². The maximum absolute atomic E-state index is 12.4. The van der Waals surface area contributed by atoms with Crippen LogP contribution < -0.4 is 5.32 Å². The van der Waals surface area contributed by atoms with Gasteiger partial charge in [0.25, 0.3) is 0 Å². The van der Waals surface area contributed by atoms with Crippen LogP contribution in [-0.2, 0) is 16.1 Å². The third-order valence-corrected chi connectivity index (χ3v) is 3.39. The minimum absolute atomic E-state index is 0.00795. The molecule has 0 heterocycles. The zero-order valence-corrected chi connectivity index (χ0v) is 14.5. The van der Waals surface area contributed by atoms with Gasteiger partial charge in [-0.15, -0.1) is 0 Å². The molecule has 0 fully saturated rings. The van der Waals surface area contributed by atoms with Gasteiger partial charge >= 0.3 is 5.97 Å². The lowest BCUT2D eigenvalue weighted by atomic mass is 10.00. The summed E-state index contributed by atoms with van der Waals surface area (Å²) in [5.74, 6) is -0.106. The minimum Gasteiger partial charge on any atom is -0.459 e. The van der Waals surface area contributed by atoms with Crippen molar-refractivity contribution < 1.29 is 14.6 Å². The molecule has 0 radical (unpaired) electrons. The van der Waals surface area contributed by atoms with Gasteiger partial charge in [0.1, 0.15) is 11.6 Å². The molecule has 0 saturated heterocycles. The fourth-order valence-corrected chi connectivity index (χ4v) is 2.22. The summed E-state index contributed by atoms with van der Waals surface area (Å²) >= 11 is 0. The van der Waals surface area contributed by atoms with Crippen LogP contribution in [0, 0.1) is 5.92 Å². The van der Waals surface area contributed by atoms with Crippen LogP contribution in [0.3, 0.4) is 0 Å². The van der Waals surface area contributed by atoms with E-state index in [1.807, 2.05) is 65.8 Å². The largest absolute Gasteiger partial charge is 0.459 e. The molecule has 1 aromatic rings. The van der Waals surface area contributed by atoms with Crippen molar-refractivity contribution in [2.75, 3.05) is 0 Å². The highest BCUT2D eigenvalue weighted by molar-refractivity contribution is 5.76.